The Hall–Kier alpha value is -2.14. The lowest BCUT2D eigenvalue weighted by atomic mass is 10.2. The van der Waals surface area contributed by atoms with Crippen molar-refractivity contribution < 1.29 is 26.3 Å². The van der Waals surface area contributed by atoms with Gasteiger partial charge in [-0.15, -0.1) is 0 Å². The van der Waals surface area contributed by atoms with Crippen LogP contribution in [0.15, 0.2) is 46.2 Å². The Bertz CT molecular complexity index is 1050. The second-order valence-corrected chi connectivity index (χ2v) is 10.9. The fraction of sp³-hybridized carbons (Fsp3) is 0.400. The molecule has 1 aliphatic rings. The zero-order valence-corrected chi connectivity index (χ0v) is 19.1. The quantitative estimate of drug-likeness (QED) is 0.663. The predicted octanol–water partition coefficient (Wildman–Crippen LogP) is 2.02. The van der Waals surface area contributed by atoms with Gasteiger partial charge in [-0.2, -0.15) is 8.61 Å². The van der Waals surface area contributed by atoms with E-state index in [2.05, 4.69) is 0 Å². The maximum absolute atomic E-state index is 13.0. The molecule has 10 heteroatoms. The highest BCUT2D eigenvalue weighted by Gasteiger charge is 2.34. The molecular formula is C20H26N2O6S2. The third-order valence-corrected chi connectivity index (χ3v) is 9.00. The summed E-state index contributed by atoms with van der Waals surface area (Å²) in [4.78, 5) is 0.339. The van der Waals surface area contributed by atoms with Gasteiger partial charge < -0.3 is 9.47 Å². The van der Waals surface area contributed by atoms with Gasteiger partial charge in [0.25, 0.3) is 0 Å². The van der Waals surface area contributed by atoms with Gasteiger partial charge in [-0.3, -0.25) is 0 Å². The van der Waals surface area contributed by atoms with Crippen LogP contribution in [0.3, 0.4) is 0 Å². The number of ether oxygens (including phenoxy) is 2. The SMILES string of the molecule is COc1ccc(S(=O)(=O)N2CCN(S(=O)(=O)c3ccc(OC)c(C)c3)CC2)cc1C. The molecule has 0 radical (unpaired) electrons. The molecule has 1 aliphatic heterocycles. The number of hydrogen-bond donors (Lipinski definition) is 0. The summed E-state index contributed by atoms with van der Waals surface area (Å²) in [5, 5.41) is 0. The van der Waals surface area contributed by atoms with E-state index in [-0.39, 0.29) is 36.0 Å². The summed E-state index contributed by atoms with van der Waals surface area (Å²) in [7, 11) is -4.38. The average Bonchev–Trinajstić information content (AvgIpc) is 2.73. The lowest BCUT2D eigenvalue weighted by molar-refractivity contribution is 0.272. The van der Waals surface area contributed by atoms with Gasteiger partial charge in [-0.1, -0.05) is 0 Å². The molecule has 2 aromatic carbocycles. The Balaban J connectivity index is 1.76. The number of aryl methyl sites for hydroxylation is 2. The van der Waals surface area contributed by atoms with Gasteiger partial charge in [-0.05, 0) is 61.4 Å². The Morgan fingerprint density at radius 3 is 1.27 bits per heavy atom. The van der Waals surface area contributed by atoms with E-state index in [0.717, 1.165) is 11.1 Å². The molecule has 2 aromatic rings. The van der Waals surface area contributed by atoms with Crippen LogP contribution in [0.1, 0.15) is 11.1 Å². The molecule has 0 unspecified atom stereocenters. The second-order valence-electron chi connectivity index (χ2n) is 7.07. The Kier molecular flexibility index (Phi) is 6.42. The Morgan fingerprint density at radius 2 is 1.00 bits per heavy atom. The highest BCUT2D eigenvalue weighted by Crippen LogP contribution is 2.27. The van der Waals surface area contributed by atoms with E-state index < -0.39 is 20.0 Å². The van der Waals surface area contributed by atoms with Crippen molar-refractivity contribution in [3.63, 3.8) is 0 Å². The highest BCUT2D eigenvalue weighted by molar-refractivity contribution is 7.89. The van der Waals surface area contributed by atoms with E-state index in [4.69, 9.17) is 9.47 Å². The van der Waals surface area contributed by atoms with Crippen LogP contribution in [0.2, 0.25) is 0 Å². The Morgan fingerprint density at radius 1 is 0.667 bits per heavy atom. The lowest BCUT2D eigenvalue weighted by Gasteiger charge is -2.33. The largest absolute Gasteiger partial charge is 0.496 e. The molecule has 164 valence electrons. The minimum Gasteiger partial charge on any atom is -0.496 e. The van der Waals surface area contributed by atoms with E-state index in [0.29, 0.717) is 11.5 Å². The maximum atomic E-state index is 13.0. The van der Waals surface area contributed by atoms with Crippen molar-refractivity contribution in [2.75, 3.05) is 40.4 Å². The summed E-state index contributed by atoms with van der Waals surface area (Å²) in [6.45, 7) is 3.89. The summed E-state index contributed by atoms with van der Waals surface area (Å²) < 4.78 is 64.9. The number of benzene rings is 2. The van der Waals surface area contributed by atoms with Crippen molar-refractivity contribution in [2.24, 2.45) is 0 Å². The van der Waals surface area contributed by atoms with Crippen molar-refractivity contribution in [3.8, 4) is 11.5 Å². The number of sulfonamides is 2. The topological polar surface area (TPSA) is 93.2 Å². The van der Waals surface area contributed by atoms with Crippen molar-refractivity contribution in [3.05, 3.63) is 47.5 Å². The molecule has 0 amide bonds. The first kappa shape index (κ1) is 22.5. The third kappa shape index (κ3) is 4.18. The molecule has 30 heavy (non-hydrogen) atoms. The van der Waals surface area contributed by atoms with Crippen LogP contribution >= 0.6 is 0 Å². The van der Waals surface area contributed by atoms with Crippen molar-refractivity contribution in [2.45, 2.75) is 23.6 Å². The van der Waals surface area contributed by atoms with E-state index >= 15 is 0 Å². The lowest BCUT2D eigenvalue weighted by Crippen LogP contribution is -2.50. The van der Waals surface area contributed by atoms with Crippen LogP contribution in [-0.2, 0) is 20.0 Å². The van der Waals surface area contributed by atoms with Gasteiger partial charge in [0.2, 0.25) is 20.0 Å². The summed E-state index contributed by atoms with van der Waals surface area (Å²) in [5.74, 6) is 1.22. The molecule has 0 aromatic heterocycles. The number of rotatable bonds is 6. The molecule has 0 saturated carbocycles. The van der Waals surface area contributed by atoms with Crippen LogP contribution in [0, 0.1) is 13.8 Å². The highest BCUT2D eigenvalue weighted by atomic mass is 32.2. The fourth-order valence-electron chi connectivity index (χ4n) is 3.47. The Labute approximate surface area is 178 Å². The molecule has 0 aliphatic carbocycles. The smallest absolute Gasteiger partial charge is 0.243 e. The molecule has 8 nitrogen and oxygen atoms in total. The monoisotopic (exact) mass is 454 g/mol. The minimum atomic E-state index is -3.72. The summed E-state index contributed by atoms with van der Waals surface area (Å²) in [6.07, 6.45) is 0. The summed E-state index contributed by atoms with van der Waals surface area (Å²) in [6, 6.07) is 9.38. The first-order valence-electron chi connectivity index (χ1n) is 9.41. The molecule has 1 saturated heterocycles. The van der Waals surface area contributed by atoms with E-state index in [9.17, 15) is 16.8 Å². The number of hydrogen-bond acceptors (Lipinski definition) is 6. The number of piperazine rings is 1. The molecule has 0 bridgehead atoms. The minimum absolute atomic E-state index is 0.0851. The molecule has 1 fully saturated rings. The first-order chi connectivity index (χ1) is 14.1. The predicted molar refractivity (Wildman–Crippen MR) is 113 cm³/mol. The van der Waals surface area contributed by atoms with Gasteiger partial charge in [0, 0.05) is 26.2 Å². The fourth-order valence-corrected chi connectivity index (χ4v) is 6.49. The molecular weight excluding hydrogens is 428 g/mol. The summed E-state index contributed by atoms with van der Waals surface area (Å²) >= 11 is 0. The molecule has 3 rings (SSSR count). The average molecular weight is 455 g/mol. The van der Waals surface area contributed by atoms with Gasteiger partial charge in [0.15, 0.2) is 0 Å². The van der Waals surface area contributed by atoms with Crippen molar-refractivity contribution >= 4 is 20.0 Å². The van der Waals surface area contributed by atoms with Crippen LogP contribution in [0.25, 0.3) is 0 Å². The van der Waals surface area contributed by atoms with Gasteiger partial charge in [0.1, 0.15) is 11.5 Å². The van der Waals surface area contributed by atoms with E-state index in [1.165, 1.54) is 35.0 Å². The standard InChI is InChI=1S/C20H26N2O6S2/c1-15-13-17(5-7-19(15)27-3)29(23,24)21-9-11-22(12-10-21)30(25,26)18-6-8-20(28-4)16(2)14-18/h5-8,13-14H,9-12H2,1-4H3. The van der Waals surface area contributed by atoms with Crippen LogP contribution in [0.5, 0.6) is 11.5 Å². The first-order valence-corrected chi connectivity index (χ1v) is 12.3. The van der Waals surface area contributed by atoms with Crippen molar-refractivity contribution in [1.29, 1.82) is 0 Å². The zero-order valence-electron chi connectivity index (χ0n) is 17.5. The van der Waals surface area contributed by atoms with Crippen molar-refractivity contribution in [1.82, 2.24) is 8.61 Å². The molecule has 0 atom stereocenters. The number of nitrogens with zero attached hydrogens (tertiary/aromatic N) is 2. The molecule has 1 heterocycles. The van der Waals surface area contributed by atoms with Crippen LogP contribution in [0.4, 0.5) is 0 Å². The maximum Gasteiger partial charge on any atom is 0.243 e. The van der Waals surface area contributed by atoms with Crippen LogP contribution in [-0.4, -0.2) is 65.8 Å². The normalized spacial score (nSPS) is 16.4. The second kappa shape index (κ2) is 8.54. The number of methoxy groups -OCH3 is 2. The van der Waals surface area contributed by atoms with Gasteiger partial charge in [0.05, 0.1) is 24.0 Å². The molecule has 0 N–H and O–H groups in total. The van der Waals surface area contributed by atoms with E-state index in [1.54, 1.807) is 38.1 Å². The zero-order chi connectivity index (χ0) is 22.1. The summed E-state index contributed by atoms with van der Waals surface area (Å²) in [5.41, 5.74) is 1.43. The molecule has 0 spiro atoms. The van der Waals surface area contributed by atoms with Gasteiger partial charge in [-0.25, -0.2) is 16.8 Å². The van der Waals surface area contributed by atoms with Crippen LogP contribution < -0.4 is 9.47 Å². The third-order valence-electron chi connectivity index (χ3n) is 5.21. The van der Waals surface area contributed by atoms with E-state index in [1.807, 2.05) is 0 Å². The van der Waals surface area contributed by atoms with Gasteiger partial charge >= 0.3 is 0 Å².